The van der Waals surface area contributed by atoms with Gasteiger partial charge in [-0.2, -0.15) is 16.8 Å². The molecule has 0 spiro atoms. The summed E-state index contributed by atoms with van der Waals surface area (Å²) >= 11 is 11.7. The minimum atomic E-state index is -4.42. The standard InChI is InChI=1S/C28H20Cl2O6S2.2Na.2H/c29-25-15-13-23(27(17-25)37(31,32)33)11-5-19-1-7-21(8-2-19)22-9-3-20(4-10-22)6-12-24-14-16-26(30)18-28(24)38(34,35)36;;;;/h1-18H,(H,31,32,33)(H,34,35,36);;;;/b11-5+,12-6+;;;;. The molecule has 198 valence electrons. The number of hydrogen-bond donors (Lipinski definition) is 2. The van der Waals surface area contributed by atoms with Crippen molar-refractivity contribution in [1.29, 1.82) is 0 Å². The quantitative estimate of drug-likeness (QED) is 0.142. The fourth-order valence-electron chi connectivity index (χ4n) is 3.68. The first-order valence-electron chi connectivity index (χ1n) is 11.0. The topological polar surface area (TPSA) is 109 Å². The summed E-state index contributed by atoms with van der Waals surface area (Å²) in [6, 6.07) is 23.7. The number of halogens is 2. The summed E-state index contributed by atoms with van der Waals surface area (Å²) < 4.78 is 65.5. The predicted octanol–water partition coefficient (Wildman–Crippen LogP) is 6.20. The number of hydrogen-bond acceptors (Lipinski definition) is 4. The molecule has 0 heterocycles. The van der Waals surface area contributed by atoms with Crippen molar-refractivity contribution in [1.82, 2.24) is 0 Å². The van der Waals surface area contributed by atoms with Gasteiger partial charge in [-0.1, -0.05) is 108 Å². The van der Waals surface area contributed by atoms with Crippen molar-refractivity contribution < 1.29 is 25.9 Å². The van der Waals surface area contributed by atoms with Crippen LogP contribution < -0.4 is 0 Å². The van der Waals surface area contributed by atoms with Crippen LogP contribution in [0.1, 0.15) is 22.3 Å². The van der Waals surface area contributed by atoms with E-state index in [4.69, 9.17) is 23.2 Å². The molecule has 12 heteroatoms. The van der Waals surface area contributed by atoms with Gasteiger partial charge in [0.05, 0.1) is 0 Å². The molecular weight excluding hydrogens is 613 g/mol. The second-order valence-corrected chi connectivity index (χ2v) is 11.9. The van der Waals surface area contributed by atoms with Gasteiger partial charge >= 0.3 is 59.1 Å². The third-order valence-corrected chi connectivity index (χ3v) is 7.86. The van der Waals surface area contributed by atoms with Crippen molar-refractivity contribution in [3.05, 3.63) is 117 Å². The summed E-state index contributed by atoms with van der Waals surface area (Å²) in [7, 11) is -8.84. The van der Waals surface area contributed by atoms with E-state index in [2.05, 4.69) is 0 Å². The Morgan fingerprint density at radius 3 is 1.12 bits per heavy atom. The summed E-state index contributed by atoms with van der Waals surface area (Å²) in [6.45, 7) is 0. The Balaban J connectivity index is 0.00000280. The van der Waals surface area contributed by atoms with E-state index in [1.807, 2.05) is 48.5 Å². The van der Waals surface area contributed by atoms with Crippen molar-refractivity contribution in [3.8, 4) is 11.1 Å². The van der Waals surface area contributed by atoms with Crippen LogP contribution in [0.2, 0.25) is 10.0 Å². The predicted molar refractivity (Wildman–Crippen MR) is 167 cm³/mol. The van der Waals surface area contributed by atoms with Crippen molar-refractivity contribution in [2.75, 3.05) is 0 Å². The van der Waals surface area contributed by atoms with E-state index in [1.165, 1.54) is 24.3 Å². The Morgan fingerprint density at radius 2 is 0.825 bits per heavy atom. The van der Waals surface area contributed by atoms with Crippen LogP contribution in [0.4, 0.5) is 0 Å². The summed E-state index contributed by atoms with van der Waals surface area (Å²) in [6.07, 6.45) is 6.63. The average molecular weight is 635 g/mol. The molecule has 0 fully saturated rings. The Bertz CT molecular complexity index is 1640. The van der Waals surface area contributed by atoms with Crippen molar-refractivity contribution in [2.45, 2.75) is 9.79 Å². The van der Waals surface area contributed by atoms with Crippen molar-refractivity contribution in [3.63, 3.8) is 0 Å². The second kappa shape index (κ2) is 14.8. The van der Waals surface area contributed by atoms with Crippen LogP contribution in [0.25, 0.3) is 35.4 Å². The van der Waals surface area contributed by atoms with Gasteiger partial charge in [0.2, 0.25) is 0 Å². The Hall–Kier alpha value is -1.24. The molecule has 0 aliphatic rings. The van der Waals surface area contributed by atoms with E-state index in [1.54, 1.807) is 36.4 Å². The molecule has 4 aromatic carbocycles. The summed E-state index contributed by atoms with van der Waals surface area (Å²) in [5.74, 6) is 0. The monoisotopic (exact) mass is 634 g/mol. The molecule has 2 N–H and O–H groups in total. The number of benzene rings is 4. The Morgan fingerprint density at radius 1 is 0.500 bits per heavy atom. The first-order chi connectivity index (χ1) is 17.9. The summed E-state index contributed by atoms with van der Waals surface area (Å²) in [5.41, 5.74) is 4.17. The zero-order valence-electron chi connectivity index (χ0n) is 19.5. The van der Waals surface area contributed by atoms with Crippen LogP contribution >= 0.6 is 23.2 Å². The molecule has 0 saturated carbocycles. The molecular formula is C28H22Cl2Na2O6S2. The van der Waals surface area contributed by atoms with Crippen molar-refractivity contribution >= 4 is 127 Å². The fourth-order valence-corrected chi connectivity index (χ4v) is 5.58. The third-order valence-electron chi connectivity index (χ3n) is 5.57. The van der Waals surface area contributed by atoms with E-state index in [9.17, 15) is 25.9 Å². The van der Waals surface area contributed by atoms with Crippen LogP contribution in [-0.4, -0.2) is 85.1 Å². The molecule has 0 radical (unpaired) electrons. The zero-order chi connectivity index (χ0) is 27.5. The van der Waals surface area contributed by atoms with Gasteiger partial charge in [-0.3, -0.25) is 9.11 Å². The number of rotatable bonds is 7. The first kappa shape index (κ1) is 35.0. The molecule has 0 aliphatic carbocycles. The fraction of sp³-hybridized carbons (Fsp3) is 0. The molecule has 0 unspecified atom stereocenters. The van der Waals surface area contributed by atoms with Crippen LogP contribution in [-0.2, 0) is 20.2 Å². The minimum absolute atomic E-state index is 0. The average Bonchev–Trinajstić information content (AvgIpc) is 2.87. The van der Waals surface area contributed by atoms with Crippen LogP contribution in [0.3, 0.4) is 0 Å². The molecule has 4 rings (SSSR count). The van der Waals surface area contributed by atoms with E-state index in [0.29, 0.717) is 11.1 Å². The molecule has 0 aromatic heterocycles. The maximum atomic E-state index is 11.6. The van der Waals surface area contributed by atoms with Gasteiger partial charge in [0.15, 0.2) is 0 Å². The molecule has 0 amide bonds. The van der Waals surface area contributed by atoms with E-state index in [-0.39, 0.29) is 79.0 Å². The molecule has 0 bridgehead atoms. The van der Waals surface area contributed by atoms with E-state index in [0.717, 1.165) is 22.3 Å². The molecule has 0 atom stereocenters. The van der Waals surface area contributed by atoms with Gasteiger partial charge in [0, 0.05) is 10.0 Å². The van der Waals surface area contributed by atoms with Crippen LogP contribution in [0.15, 0.2) is 94.7 Å². The van der Waals surface area contributed by atoms with Gasteiger partial charge in [-0.05, 0) is 57.6 Å². The van der Waals surface area contributed by atoms with E-state index < -0.39 is 20.2 Å². The third kappa shape index (κ3) is 9.39. The van der Waals surface area contributed by atoms with Gasteiger partial charge in [0.25, 0.3) is 20.2 Å². The van der Waals surface area contributed by atoms with Gasteiger partial charge in [-0.25, -0.2) is 0 Å². The van der Waals surface area contributed by atoms with Gasteiger partial charge < -0.3 is 0 Å². The molecule has 40 heavy (non-hydrogen) atoms. The normalized spacial score (nSPS) is 11.8. The van der Waals surface area contributed by atoms with Gasteiger partial charge in [0.1, 0.15) is 9.79 Å². The molecule has 0 aliphatic heterocycles. The van der Waals surface area contributed by atoms with E-state index >= 15 is 0 Å². The van der Waals surface area contributed by atoms with Crippen molar-refractivity contribution in [2.24, 2.45) is 0 Å². The Labute approximate surface area is 287 Å². The zero-order valence-corrected chi connectivity index (χ0v) is 22.6. The van der Waals surface area contributed by atoms with Gasteiger partial charge in [-0.15, -0.1) is 0 Å². The summed E-state index contributed by atoms with van der Waals surface area (Å²) in [4.78, 5) is -0.533. The second-order valence-electron chi connectivity index (χ2n) is 8.23. The summed E-state index contributed by atoms with van der Waals surface area (Å²) in [5, 5.41) is 0.405. The molecule has 6 nitrogen and oxygen atoms in total. The Kier molecular flexibility index (Phi) is 12.9. The molecule has 4 aromatic rings. The van der Waals surface area contributed by atoms with Crippen LogP contribution in [0, 0.1) is 0 Å². The molecule has 0 saturated heterocycles. The first-order valence-corrected chi connectivity index (χ1v) is 14.6. The van der Waals surface area contributed by atoms with Crippen LogP contribution in [0.5, 0.6) is 0 Å². The SMILES string of the molecule is O=S(=O)(O)c1cc(Cl)ccc1/C=C/c1ccc(-c2ccc(/C=C/c3ccc(Cl)cc3S(=O)(=O)O)cc2)cc1.[NaH].[NaH]. The maximum absolute atomic E-state index is 11.6.